The van der Waals surface area contributed by atoms with Crippen LogP contribution >= 0.6 is 0 Å². The molecule has 0 radical (unpaired) electrons. The minimum Gasteiger partial charge on any atom is -0.374 e. The fourth-order valence-electron chi connectivity index (χ4n) is 4.04. The summed E-state index contributed by atoms with van der Waals surface area (Å²) in [7, 11) is 0. The van der Waals surface area contributed by atoms with Crippen LogP contribution in [0.4, 0.5) is 0 Å². The molecule has 0 amide bonds. The second kappa shape index (κ2) is 6.34. The fourth-order valence-corrected chi connectivity index (χ4v) is 4.04. The summed E-state index contributed by atoms with van der Waals surface area (Å²) in [6, 6.07) is 19.6. The number of hydrogen-bond donors (Lipinski definition) is 1. The topological polar surface area (TPSA) is 12.0 Å². The lowest BCUT2D eigenvalue weighted by Gasteiger charge is -2.33. The number of rotatable bonds is 2. The highest BCUT2D eigenvalue weighted by molar-refractivity contribution is 5.85. The summed E-state index contributed by atoms with van der Waals surface area (Å²) in [6.07, 6.45) is 16.0. The fraction of sp³-hybridized carbons (Fsp3) is 0.120. The highest BCUT2D eigenvalue weighted by atomic mass is 14.9. The molecule has 0 spiro atoms. The van der Waals surface area contributed by atoms with E-state index >= 15 is 0 Å². The minimum atomic E-state index is 0.197. The molecule has 2 aromatic carbocycles. The maximum absolute atomic E-state index is 3.81. The van der Waals surface area contributed by atoms with Gasteiger partial charge in [0.15, 0.2) is 0 Å². The normalized spacial score (nSPS) is 20.7. The molecule has 2 aliphatic carbocycles. The van der Waals surface area contributed by atoms with Gasteiger partial charge in [-0.25, -0.2) is 0 Å². The molecule has 1 aliphatic heterocycles. The van der Waals surface area contributed by atoms with Crippen molar-refractivity contribution in [2.75, 3.05) is 0 Å². The maximum Gasteiger partial charge on any atom is 0.0779 e. The molecule has 26 heavy (non-hydrogen) atoms. The number of nitrogens with one attached hydrogen (secondary N) is 1. The van der Waals surface area contributed by atoms with Crippen molar-refractivity contribution in [3.63, 3.8) is 0 Å². The first-order chi connectivity index (χ1) is 12.9. The monoisotopic (exact) mass is 335 g/mol. The molecule has 1 heterocycles. The first-order valence-corrected chi connectivity index (χ1v) is 9.32. The minimum absolute atomic E-state index is 0.197. The van der Waals surface area contributed by atoms with E-state index in [1.807, 2.05) is 0 Å². The third kappa shape index (κ3) is 2.57. The molecule has 5 rings (SSSR count). The quantitative estimate of drug-likeness (QED) is 0.713. The van der Waals surface area contributed by atoms with Gasteiger partial charge in [-0.1, -0.05) is 85.0 Å². The Kier molecular flexibility index (Phi) is 3.71. The molecular weight excluding hydrogens is 314 g/mol. The number of hydrogen-bond acceptors (Lipinski definition) is 1. The average molecular weight is 335 g/mol. The van der Waals surface area contributed by atoms with E-state index in [2.05, 4.69) is 96.4 Å². The summed E-state index contributed by atoms with van der Waals surface area (Å²) in [4.78, 5) is 0. The van der Waals surface area contributed by atoms with Crippen molar-refractivity contribution in [2.45, 2.75) is 18.9 Å². The Morgan fingerprint density at radius 2 is 1.65 bits per heavy atom. The van der Waals surface area contributed by atoms with E-state index in [4.69, 9.17) is 0 Å². The lowest BCUT2D eigenvalue weighted by atomic mass is 9.81. The number of fused-ring (bicyclic) bond motifs is 3. The Labute approximate surface area is 154 Å². The smallest absolute Gasteiger partial charge is 0.0779 e. The standard InChI is InChI=1S/C25H21N/c1-3-9-18(10-4-1)23-17-24(20-12-5-2-6-13-20)26-25-21-14-8-7-11-19(21)15-16-22(23)25/h1,3-5,7-17,25-26H,2,6H2. The Balaban J connectivity index is 1.70. The molecule has 1 N–H and O–H groups in total. The van der Waals surface area contributed by atoms with E-state index < -0.39 is 0 Å². The van der Waals surface area contributed by atoms with Crippen molar-refractivity contribution >= 4 is 11.6 Å². The van der Waals surface area contributed by atoms with Crippen LogP contribution in [0, 0.1) is 0 Å². The molecule has 0 saturated heterocycles. The molecule has 0 bridgehead atoms. The Morgan fingerprint density at radius 1 is 0.808 bits per heavy atom. The van der Waals surface area contributed by atoms with Gasteiger partial charge in [0.2, 0.25) is 0 Å². The summed E-state index contributed by atoms with van der Waals surface area (Å²) in [5.74, 6) is 0. The van der Waals surface area contributed by atoms with Crippen LogP contribution in [0.25, 0.3) is 11.6 Å². The number of benzene rings is 2. The third-order valence-electron chi connectivity index (χ3n) is 5.35. The molecule has 1 unspecified atom stereocenters. The van der Waals surface area contributed by atoms with E-state index in [0.29, 0.717) is 0 Å². The van der Waals surface area contributed by atoms with Crippen molar-refractivity contribution in [3.05, 3.63) is 119 Å². The molecule has 3 aliphatic rings. The lowest BCUT2D eigenvalue weighted by molar-refractivity contribution is 0.686. The molecule has 1 atom stereocenters. The third-order valence-corrected chi connectivity index (χ3v) is 5.35. The predicted octanol–water partition coefficient (Wildman–Crippen LogP) is 5.97. The largest absolute Gasteiger partial charge is 0.374 e. The van der Waals surface area contributed by atoms with Crippen molar-refractivity contribution in [2.24, 2.45) is 0 Å². The summed E-state index contributed by atoms with van der Waals surface area (Å²) in [6.45, 7) is 0. The van der Waals surface area contributed by atoms with Gasteiger partial charge in [-0.3, -0.25) is 0 Å². The van der Waals surface area contributed by atoms with E-state index in [1.54, 1.807) is 0 Å². The first-order valence-electron chi connectivity index (χ1n) is 9.32. The van der Waals surface area contributed by atoms with Crippen LogP contribution in [0.15, 0.2) is 102 Å². The maximum atomic E-state index is 3.81. The highest BCUT2D eigenvalue weighted by Gasteiger charge is 2.28. The van der Waals surface area contributed by atoms with Gasteiger partial charge in [-0.05, 0) is 52.3 Å². The van der Waals surface area contributed by atoms with Gasteiger partial charge in [-0.2, -0.15) is 0 Å². The van der Waals surface area contributed by atoms with Gasteiger partial charge in [0.05, 0.1) is 6.04 Å². The number of allylic oxidation sites excluding steroid dienone is 5. The van der Waals surface area contributed by atoms with Crippen LogP contribution in [0.3, 0.4) is 0 Å². The first kappa shape index (κ1) is 15.2. The zero-order valence-corrected chi connectivity index (χ0v) is 14.7. The van der Waals surface area contributed by atoms with Crippen LogP contribution in [0.2, 0.25) is 0 Å². The van der Waals surface area contributed by atoms with E-state index in [-0.39, 0.29) is 6.04 Å². The summed E-state index contributed by atoms with van der Waals surface area (Å²) >= 11 is 0. The summed E-state index contributed by atoms with van der Waals surface area (Å²) < 4.78 is 0. The van der Waals surface area contributed by atoms with Crippen molar-refractivity contribution in [1.29, 1.82) is 0 Å². The molecule has 0 aromatic heterocycles. The van der Waals surface area contributed by atoms with Crippen molar-refractivity contribution in [1.82, 2.24) is 5.32 Å². The molecule has 0 fully saturated rings. The van der Waals surface area contributed by atoms with E-state index in [1.165, 1.54) is 39.1 Å². The molecule has 1 nitrogen and oxygen atoms in total. The molecule has 126 valence electrons. The van der Waals surface area contributed by atoms with Gasteiger partial charge < -0.3 is 5.32 Å². The summed E-state index contributed by atoms with van der Waals surface area (Å²) in [5, 5.41) is 3.81. The Hall–Kier alpha value is -3.06. The second-order valence-electron chi connectivity index (χ2n) is 6.97. The zero-order chi connectivity index (χ0) is 17.3. The Morgan fingerprint density at radius 3 is 2.50 bits per heavy atom. The average Bonchev–Trinajstić information content (AvgIpc) is 2.74. The van der Waals surface area contributed by atoms with Gasteiger partial charge in [0, 0.05) is 5.70 Å². The van der Waals surface area contributed by atoms with Crippen LogP contribution in [0.1, 0.15) is 35.6 Å². The molecule has 1 heteroatoms. The van der Waals surface area contributed by atoms with Crippen LogP contribution < -0.4 is 5.32 Å². The van der Waals surface area contributed by atoms with Gasteiger partial charge in [-0.15, -0.1) is 0 Å². The van der Waals surface area contributed by atoms with Crippen LogP contribution in [-0.2, 0) is 0 Å². The van der Waals surface area contributed by atoms with Gasteiger partial charge in [0.25, 0.3) is 0 Å². The highest BCUT2D eigenvalue weighted by Crippen LogP contribution is 2.41. The van der Waals surface area contributed by atoms with Gasteiger partial charge >= 0.3 is 0 Å². The molecule has 2 aromatic rings. The Bertz CT molecular complexity index is 999. The number of dihydropyridines is 1. The van der Waals surface area contributed by atoms with Crippen LogP contribution in [-0.4, -0.2) is 0 Å². The molecule has 0 saturated carbocycles. The zero-order valence-electron chi connectivity index (χ0n) is 14.7. The van der Waals surface area contributed by atoms with Crippen molar-refractivity contribution < 1.29 is 0 Å². The van der Waals surface area contributed by atoms with Crippen molar-refractivity contribution in [3.8, 4) is 0 Å². The van der Waals surface area contributed by atoms with Gasteiger partial charge in [0.1, 0.15) is 0 Å². The van der Waals surface area contributed by atoms with E-state index in [9.17, 15) is 0 Å². The summed E-state index contributed by atoms with van der Waals surface area (Å²) in [5.41, 5.74) is 9.11. The predicted molar refractivity (Wildman–Crippen MR) is 109 cm³/mol. The SMILES string of the molecule is C1=CC(C2=CC(c3ccccc3)=C3C=Cc4ccccc4C3N2)=CCC1. The van der Waals surface area contributed by atoms with E-state index in [0.717, 1.165) is 12.8 Å². The van der Waals surface area contributed by atoms with Crippen LogP contribution in [0.5, 0.6) is 0 Å². The lowest BCUT2D eigenvalue weighted by Crippen LogP contribution is -2.28. The second-order valence-corrected chi connectivity index (χ2v) is 6.97. The molecular formula is C25H21N.